The van der Waals surface area contributed by atoms with Crippen molar-refractivity contribution < 1.29 is 4.74 Å². The maximum absolute atomic E-state index is 6.01. The zero-order chi connectivity index (χ0) is 13.4. The van der Waals surface area contributed by atoms with Crippen molar-refractivity contribution in [2.24, 2.45) is 5.73 Å². The molecule has 0 saturated heterocycles. The highest BCUT2D eigenvalue weighted by Gasteiger charge is 2.18. The summed E-state index contributed by atoms with van der Waals surface area (Å²) >= 11 is 5.18. The predicted octanol–water partition coefficient (Wildman–Crippen LogP) is 4.89. The first-order chi connectivity index (χ1) is 8.65. The van der Waals surface area contributed by atoms with Gasteiger partial charge in [0.1, 0.15) is 6.10 Å². The van der Waals surface area contributed by atoms with Gasteiger partial charge in [-0.2, -0.15) is 0 Å². The minimum absolute atomic E-state index is 0.0335. The van der Waals surface area contributed by atoms with E-state index in [1.165, 1.54) is 30.6 Å². The second-order valence-electron chi connectivity index (χ2n) is 4.73. The monoisotopic (exact) mass is 333 g/mol. The highest BCUT2D eigenvalue weighted by molar-refractivity contribution is 9.10. The van der Waals surface area contributed by atoms with Crippen LogP contribution >= 0.6 is 27.3 Å². The van der Waals surface area contributed by atoms with E-state index in [1.54, 1.807) is 11.3 Å². The fraction of sp³-hybridized carbons (Fsp3) is 0.714. The molecule has 0 aromatic carbocycles. The second-order valence-corrected chi connectivity index (χ2v) is 6.59. The van der Waals surface area contributed by atoms with Gasteiger partial charge in [-0.1, -0.05) is 32.6 Å². The van der Waals surface area contributed by atoms with Crippen LogP contribution < -0.4 is 5.73 Å². The van der Waals surface area contributed by atoms with Gasteiger partial charge in [0.2, 0.25) is 0 Å². The quantitative estimate of drug-likeness (QED) is 0.653. The molecule has 0 spiro atoms. The van der Waals surface area contributed by atoms with Crippen molar-refractivity contribution in [1.29, 1.82) is 0 Å². The molecule has 2 nitrogen and oxygen atoms in total. The van der Waals surface area contributed by atoms with Crippen LogP contribution in [0.5, 0.6) is 0 Å². The third-order valence-corrected chi connectivity index (χ3v) is 4.65. The Hall–Kier alpha value is 0.1000. The van der Waals surface area contributed by atoms with E-state index >= 15 is 0 Å². The van der Waals surface area contributed by atoms with Crippen LogP contribution in [0.1, 0.15) is 56.9 Å². The Morgan fingerprint density at radius 3 is 2.61 bits per heavy atom. The lowest BCUT2D eigenvalue weighted by atomic mass is 10.1. The molecule has 1 heterocycles. The minimum Gasteiger partial charge on any atom is -0.371 e. The molecule has 0 aliphatic carbocycles. The Morgan fingerprint density at radius 1 is 1.33 bits per heavy atom. The van der Waals surface area contributed by atoms with Crippen molar-refractivity contribution in [1.82, 2.24) is 0 Å². The van der Waals surface area contributed by atoms with E-state index in [1.807, 2.05) is 6.92 Å². The van der Waals surface area contributed by atoms with Crippen LogP contribution in [0, 0.1) is 0 Å². The Kier molecular flexibility index (Phi) is 8.15. The number of hydrogen-bond acceptors (Lipinski definition) is 3. The Balaban J connectivity index is 2.31. The summed E-state index contributed by atoms with van der Waals surface area (Å²) in [5.41, 5.74) is 6.01. The largest absolute Gasteiger partial charge is 0.371 e. The fourth-order valence-electron chi connectivity index (χ4n) is 1.89. The van der Waals surface area contributed by atoms with Crippen molar-refractivity contribution >= 4 is 27.3 Å². The number of unbranched alkanes of at least 4 members (excludes halogenated alkanes) is 4. The van der Waals surface area contributed by atoms with Crippen LogP contribution in [0.15, 0.2) is 15.9 Å². The molecule has 2 N–H and O–H groups in total. The summed E-state index contributed by atoms with van der Waals surface area (Å²) in [5, 5.41) is 2.08. The smallest absolute Gasteiger partial charge is 0.106 e. The summed E-state index contributed by atoms with van der Waals surface area (Å²) < 4.78 is 7.06. The lowest BCUT2D eigenvalue weighted by molar-refractivity contribution is 0.0382. The molecule has 4 heteroatoms. The van der Waals surface area contributed by atoms with Crippen LogP contribution in [-0.4, -0.2) is 12.6 Å². The Bertz CT molecular complexity index is 327. The summed E-state index contributed by atoms with van der Waals surface area (Å²) in [4.78, 5) is 1.21. The molecule has 2 atom stereocenters. The summed E-state index contributed by atoms with van der Waals surface area (Å²) in [6.45, 7) is 5.05. The molecule has 18 heavy (non-hydrogen) atoms. The maximum Gasteiger partial charge on any atom is 0.106 e. The zero-order valence-electron chi connectivity index (χ0n) is 11.3. The number of ether oxygens (including phenoxy) is 1. The average molecular weight is 334 g/mol. The highest BCUT2D eigenvalue weighted by atomic mass is 79.9. The summed E-state index contributed by atoms with van der Waals surface area (Å²) in [5.74, 6) is 0. The topological polar surface area (TPSA) is 35.2 Å². The number of nitrogens with two attached hydrogens (primary N) is 1. The molecule has 1 aromatic rings. The lowest BCUT2D eigenvalue weighted by Gasteiger charge is -2.20. The molecular formula is C14H24BrNOS. The van der Waals surface area contributed by atoms with Gasteiger partial charge in [-0.15, -0.1) is 11.3 Å². The number of thiophene rings is 1. The van der Waals surface area contributed by atoms with Gasteiger partial charge in [-0.3, -0.25) is 0 Å². The van der Waals surface area contributed by atoms with E-state index in [-0.39, 0.29) is 12.1 Å². The van der Waals surface area contributed by atoms with Gasteiger partial charge in [-0.25, -0.2) is 0 Å². The predicted molar refractivity (Wildman–Crippen MR) is 83.1 cm³/mol. The van der Waals surface area contributed by atoms with Crippen LogP contribution in [0.4, 0.5) is 0 Å². The van der Waals surface area contributed by atoms with Gasteiger partial charge >= 0.3 is 0 Å². The molecule has 1 aromatic heterocycles. The standard InChI is InChI=1S/C14H24BrNOS/c1-3-4-5-6-7-8-17-14(11(2)16)13-9-12(15)10-18-13/h9-11,14H,3-8,16H2,1-2H3. The number of rotatable bonds is 9. The van der Waals surface area contributed by atoms with Crippen LogP contribution in [-0.2, 0) is 4.74 Å². The fourth-order valence-corrected chi connectivity index (χ4v) is 3.49. The molecule has 2 unspecified atom stereocenters. The van der Waals surface area contributed by atoms with Crippen molar-refractivity contribution in [2.75, 3.05) is 6.61 Å². The second kappa shape index (κ2) is 9.08. The Labute approximate surface area is 123 Å². The van der Waals surface area contributed by atoms with Gasteiger partial charge < -0.3 is 10.5 Å². The van der Waals surface area contributed by atoms with Crippen molar-refractivity contribution in [3.8, 4) is 0 Å². The van der Waals surface area contributed by atoms with E-state index in [4.69, 9.17) is 10.5 Å². The third kappa shape index (κ3) is 5.83. The highest BCUT2D eigenvalue weighted by Crippen LogP contribution is 2.29. The molecule has 0 bridgehead atoms. The first-order valence-electron chi connectivity index (χ1n) is 6.76. The van der Waals surface area contributed by atoms with Gasteiger partial charge in [0, 0.05) is 27.4 Å². The molecule has 1 rings (SSSR count). The van der Waals surface area contributed by atoms with Gasteiger partial charge in [0.25, 0.3) is 0 Å². The molecule has 0 amide bonds. The summed E-state index contributed by atoms with van der Waals surface area (Å²) in [7, 11) is 0. The number of hydrogen-bond donors (Lipinski definition) is 1. The average Bonchev–Trinajstić information content (AvgIpc) is 2.74. The molecule has 0 aliphatic heterocycles. The summed E-state index contributed by atoms with van der Waals surface area (Å²) in [6.07, 6.45) is 6.35. The van der Waals surface area contributed by atoms with Crippen molar-refractivity contribution in [2.45, 2.75) is 58.1 Å². The molecule has 104 valence electrons. The van der Waals surface area contributed by atoms with Gasteiger partial charge in [0.05, 0.1) is 0 Å². The molecular weight excluding hydrogens is 310 g/mol. The summed E-state index contributed by atoms with van der Waals surface area (Å²) in [6, 6.07) is 2.14. The van der Waals surface area contributed by atoms with E-state index < -0.39 is 0 Å². The van der Waals surface area contributed by atoms with Crippen LogP contribution in [0.25, 0.3) is 0 Å². The van der Waals surface area contributed by atoms with Gasteiger partial charge in [0.15, 0.2) is 0 Å². The maximum atomic E-state index is 6.01. The molecule has 0 radical (unpaired) electrons. The van der Waals surface area contributed by atoms with Crippen LogP contribution in [0.3, 0.4) is 0 Å². The van der Waals surface area contributed by atoms with Crippen molar-refractivity contribution in [3.63, 3.8) is 0 Å². The molecule has 0 saturated carbocycles. The normalized spacial score (nSPS) is 14.7. The molecule has 0 aliphatic rings. The van der Waals surface area contributed by atoms with E-state index in [0.29, 0.717) is 0 Å². The molecule has 0 fully saturated rings. The van der Waals surface area contributed by atoms with Crippen LogP contribution in [0.2, 0.25) is 0 Å². The Morgan fingerprint density at radius 2 is 2.06 bits per heavy atom. The first kappa shape index (κ1) is 16.2. The minimum atomic E-state index is 0.0335. The van der Waals surface area contributed by atoms with Gasteiger partial charge in [-0.05, 0) is 35.3 Å². The zero-order valence-corrected chi connectivity index (χ0v) is 13.7. The van der Waals surface area contributed by atoms with E-state index in [0.717, 1.165) is 17.5 Å². The SMILES string of the molecule is CCCCCCCOC(c1cc(Br)cs1)C(C)N. The van der Waals surface area contributed by atoms with E-state index in [2.05, 4.69) is 34.3 Å². The van der Waals surface area contributed by atoms with E-state index in [9.17, 15) is 0 Å². The first-order valence-corrected chi connectivity index (χ1v) is 8.43. The number of halogens is 1. The van der Waals surface area contributed by atoms with Crippen molar-refractivity contribution in [3.05, 3.63) is 20.8 Å². The third-order valence-electron chi connectivity index (χ3n) is 2.89. The lowest BCUT2D eigenvalue weighted by Crippen LogP contribution is -2.26.